The molecule has 0 aromatic heterocycles. The van der Waals surface area contributed by atoms with Gasteiger partial charge in [-0.2, -0.15) is 0 Å². The molecule has 0 fully saturated rings. The van der Waals surface area contributed by atoms with Crippen molar-refractivity contribution in [2.75, 3.05) is 7.11 Å². The first-order chi connectivity index (χ1) is 9.52. The topological polar surface area (TPSA) is 26.3 Å². The molecule has 2 aromatic carbocycles. The summed E-state index contributed by atoms with van der Waals surface area (Å²) in [6.45, 7) is 3.94. The number of hydrogen-bond donors (Lipinski definition) is 0. The number of carbonyl (C=O) groups excluding carboxylic acids is 1. The molecule has 2 nitrogen and oxygen atoms in total. The van der Waals surface area contributed by atoms with Crippen LogP contribution in [-0.4, -0.2) is 12.9 Å². The number of benzene rings is 2. The molecule has 0 aliphatic heterocycles. The van der Waals surface area contributed by atoms with Crippen LogP contribution in [0, 0.1) is 13.8 Å². The van der Waals surface area contributed by atoms with Gasteiger partial charge in [0, 0.05) is 22.0 Å². The zero-order valence-electron chi connectivity index (χ0n) is 11.9. The normalized spacial score (nSPS) is 10.4. The van der Waals surface area contributed by atoms with Crippen LogP contribution in [0.15, 0.2) is 40.9 Å². The predicted octanol–water partition coefficient (Wildman–Crippen LogP) is 4.50. The quantitative estimate of drug-likeness (QED) is 0.770. The molecule has 2 rings (SSSR count). The number of ether oxygens (including phenoxy) is 1. The van der Waals surface area contributed by atoms with Crippen LogP contribution in [0.4, 0.5) is 0 Å². The lowest BCUT2D eigenvalue weighted by atomic mass is 9.95. The minimum absolute atomic E-state index is 0.122. The molecule has 0 saturated heterocycles. The summed E-state index contributed by atoms with van der Waals surface area (Å²) in [5.41, 5.74) is 3.75. The van der Waals surface area contributed by atoms with E-state index in [9.17, 15) is 4.79 Å². The average molecular weight is 333 g/mol. The van der Waals surface area contributed by atoms with E-state index in [4.69, 9.17) is 4.74 Å². The highest BCUT2D eigenvalue weighted by atomic mass is 79.9. The third-order valence-corrected chi connectivity index (χ3v) is 3.85. The Bertz CT molecular complexity index is 627. The van der Waals surface area contributed by atoms with Gasteiger partial charge in [0.2, 0.25) is 0 Å². The molecule has 20 heavy (non-hydrogen) atoms. The van der Waals surface area contributed by atoms with Gasteiger partial charge in [0.05, 0.1) is 7.11 Å². The van der Waals surface area contributed by atoms with Gasteiger partial charge < -0.3 is 4.74 Å². The van der Waals surface area contributed by atoms with Crippen molar-refractivity contribution in [1.29, 1.82) is 0 Å². The van der Waals surface area contributed by atoms with Gasteiger partial charge in [-0.25, -0.2) is 0 Å². The van der Waals surface area contributed by atoms with Crippen LogP contribution < -0.4 is 4.74 Å². The fourth-order valence-corrected chi connectivity index (χ4v) is 2.81. The second kappa shape index (κ2) is 6.23. The standard InChI is InChI=1S/C17H17BrO2/c1-11-5-4-6-12(2)17(11)15(19)10-13-9-14(18)7-8-16(13)20-3/h4-9H,10H2,1-3H3. The molecule has 0 N–H and O–H groups in total. The van der Waals surface area contributed by atoms with E-state index in [1.54, 1.807) is 7.11 Å². The molecule has 0 aliphatic carbocycles. The monoisotopic (exact) mass is 332 g/mol. The lowest BCUT2D eigenvalue weighted by molar-refractivity contribution is 0.0991. The molecule has 0 amide bonds. The summed E-state index contributed by atoms with van der Waals surface area (Å²) >= 11 is 3.43. The van der Waals surface area contributed by atoms with Crippen molar-refractivity contribution in [3.8, 4) is 5.75 Å². The first-order valence-electron chi connectivity index (χ1n) is 6.44. The number of ketones is 1. The maximum atomic E-state index is 12.6. The van der Waals surface area contributed by atoms with Gasteiger partial charge in [-0.1, -0.05) is 34.1 Å². The fourth-order valence-electron chi connectivity index (χ4n) is 2.40. The Kier molecular flexibility index (Phi) is 4.61. The molecule has 3 heteroatoms. The summed E-state index contributed by atoms with van der Waals surface area (Å²) in [5.74, 6) is 0.866. The molecule has 0 heterocycles. The number of carbonyl (C=O) groups is 1. The highest BCUT2D eigenvalue weighted by molar-refractivity contribution is 9.10. The average Bonchev–Trinajstić information content (AvgIpc) is 2.38. The largest absolute Gasteiger partial charge is 0.496 e. The summed E-state index contributed by atoms with van der Waals surface area (Å²) in [6, 6.07) is 11.6. The smallest absolute Gasteiger partial charge is 0.167 e. The number of aryl methyl sites for hydroxylation is 2. The molecule has 0 saturated carbocycles. The zero-order chi connectivity index (χ0) is 14.7. The number of hydrogen-bond acceptors (Lipinski definition) is 2. The second-order valence-electron chi connectivity index (χ2n) is 4.82. The van der Waals surface area contributed by atoms with Crippen LogP contribution >= 0.6 is 15.9 Å². The third-order valence-electron chi connectivity index (χ3n) is 3.35. The maximum absolute atomic E-state index is 12.6. The second-order valence-corrected chi connectivity index (χ2v) is 5.74. The Morgan fingerprint density at radius 1 is 1.15 bits per heavy atom. The molecule has 0 aliphatic rings. The minimum Gasteiger partial charge on any atom is -0.496 e. The molecular weight excluding hydrogens is 316 g/mol. The number of rotatable bonds is 4. The summed E-state index contributed by atoms with van der Waals surface area (Å²) < 4.78 is 6.27. The van der Waals surface area contributed by atoms with Gasteiger partial charge >= 0.3 is 0 Å². The van der Waals surface area contributed by atoms with E-state index in [-0.39, 0.29) is 5.78 Å². The first kappa shape index (κ1) is 14.8. The molecule has 104 valence electrons. The van der Waals surface area contributed by atoms with Gasteiger partial charge in [0.1, 0.15) is 5.75 Å². The maximum Gasteiger partial charge on any atom is 0.167 e. The Morgan fingerprint density at radius 2 is 1.80 bits per heavy atom. The van der Waals surface area contributed by atoms with E-state index < -0.39 is 0 Å². The van der Waals surface area contributed by atoms with Crippen molar-refractivity contribution in [2.45, 2.75) is 20.3 Å². The Hall–Kier alpha value is -1.61. The molecule has 0 unspecified atom stereocenters. The first-order valence-corrected chi connectivity index (χ1v) is 7.24. The Labute approximate surface area is 127 Å². The fraction of sp³-hybridized carbons (Fsp3) is 0.235. The van der Waals surface area contributed by atoms with E-state index in [2.05, 4.69) is 15.9 Å². The minimum atomic E-state index is 0.122. The number of halogens is 1. The number of Topliss-reactive ketones (excluding diaryl/α,β-unsaturated/α-hetero) is 1. The molecule has 0 spiro atoms. The van der Waals surface area contributed by atoms with Gasteiger partial charge in [-0.05, 0) is 43.2 Å². The highest BCUT2D eigenvalue weighted by Crippen LogP contribution is 2.25. The number of methoxy groups -OCH3 is 1. The molecule has 2 aromatic rings. The van der Waals surface area contributed by atoms with Crippen LogP contribution in [0.2, 0.25) is 0 Å². The summed E-state index contributed by atoms with van der Waals surface area (Å²) in [7, 11) is 1.62. The lowest BCUT2D eigenvalue weighted by Crippen LogP contribution is -2.08. The van der Waals surface area contributed by atoms with Crippen LogP contribution in [-0.2, 0) is 6.42 Å². The SMILES string of the molecule is COc1ccc(Br)cc1CC(=O)c1c(C)cccc1C. The Balaban J connectivity index is 2.35. The van der Waals surface area contributed by atoms with Crippen molar-refractivity contribution in [3.63, 3.8) is 0 Å². The zero-order valence-corrected chi connectivity index (χ0v) is 13.5. The van der Waals surface area contributed by atoms with Gasteiger partial charge in [0.25, 0.3) is 0 Å². The molecule has 0 radical (unpaired) electrons. The van der Waals surface area contributed by atoms with E-state index in [0.29, 0.717) is 6.42 Å². The molecule has 0 atom stereocenters. The van der Waals surface area contributed by atoms with Crippen molar-refractivity contribution in [3.05, 3.63) is 63.1 Å². The van der Waals surface area contributed by atoms with Gasteiger partial charge in [0.15, 0.2) is 5.78 Å². The van der Waals surface area contributed by atoms with Crippen molar-refractivity contribution in [2.24, 2.45) is 0 Å². The van der Waals surface area contributed by atoms with Crippen LogP contribution in [0.5, 0.6) is 5.75 Å². The highest BCUT2D eigenvalue weighted by Gasteiger charge is 2.15. The predicted molar refractivity (Wildman–Crippen MR) is 84.6 cm³/mol. The van der Waals surface area contributed by atoms with E-state index >= 15 is 0 Å². The van der Waals surface area contributed by atoms with Crippen LogP contribution in [0.1, 0.15) is 27.0 Å². The van der Waals surface area contributed by atoms with Crippen LogP contribution in [0.25, 0.3) is 0 Å². The Morgan fingerprint density at radius 3 is 2.40 bits per heavy atom. The molecule has 0 bridgehead atoms. The summed E-state index contributed by atoms with van der Waals surface area (Å²) in [5, 5.41) is 0. The van der Waals surface area contributed by atoms with Crippen molar-refractivity contribution >= 4 is 21.7 Å². The van der Waals surface area contributed by atoms with Crippen molar-refractivity contribution in [1.82, 2.24) is 0 Å². The van der Waals surface area contributed by atoms with E-state index in [0.717, 1.165) is 32.5 Å². The summed E-state index contributed by atoms with van der Waals surface area (Å²) in [4.78, 5) is 12.6. The van der Waals surface area contributed by atoms with Crippen molar-refractivity contribution < 1.29 is 9.53 Å². The van der Waals surface area contributed by atoms with Gasteiger partial charge in [-0.3, -0.25) is 4.79 Å². The van der Waals surface area contributed by atoms with E-state index in [1.807, 2.05) is 50.2 Å². The van der Waals surface area contributed by atoms with Crippen LogP contribution in [0.3, 0.4) is 0 Å². The summed E-state index contributed by atoms with van der Waals surface area (Å²) in [6.07, 6.45) is 0.342. The lowest BCUT2D eigenvalue weighted by Gasteiger charge is -2.11. The molecular formula is C17H17BrO2. The third kappa shape index (κ3) is 3.10. The van der Waals surface area contributed by atoms with Gasteiger partial charge in [-0.15, -0.1) is 0 Å². The van der Waals surface area contributed by atoms with E-state index in [1.165, 1.54) is 0 Å².